The van der Waals surface area contributed by atoms with E-state index in [1.54, 1.807) is 29.2 Å². The maximum absolute atomic E-state index is 12.9. The van der Waals surface area contributed by atoms with Crippen molar-refractivity contribution >= 4 is 11.6 Å². The minimum atomic E-state index is -0.0266. The zero-order chi connectivity index (χ0) is 19.0. The Balaban J connectivity index is 1.41. The highest BCUT2D eigenvalue weighted by Gasteiger charge is 2.31. The van der Waals surface area contributed by atoms with Gasteiger partial charge in [-0.15, -0.1) is 0 Å². The van der Waals surface area contributed by atoms with Crippen LogP contribution in [-0.2, 0) is 6.54 Å². The van der Waals surface area contributed by atoms with E-state index in [2.05, 4.69) is 25.1 Å². The number of likely N-dealkylation sites (N-methyl/N-ethyl adjacent to an activating group) is 1. The summed E-state index contributed by atoms with van der Waals surface area (Å²) in [6.07, 6.45) is 5.96. The molecule has 0 bridgehead atoms. The van der Waals surface area contributed by atoms with Crippen LogP contribution in [0.1, 0.15) is 48.3 Å². The van der Waals surface area contributed by atoms with Gasteiger partial charge >= 0.3 is 0 Å². The maximum atomic E-state index is 12.9. The molecule has 9 nitrogen and oxygen atoms in total. The fraction of sp³-hybridized carbons (Fsp3) is 0.500. The van der Waals surface area contributed by atoms with Gasteiger partial charge in [0.25, 0.3) is 5.91 Å². The lowest BCUT2D eigenvalue weighted by atomic mass is 10.2. The Morgan fingerprint density at radius 3 is 3.07 bits per heavy atom. The number of likely N-dealkylation sites (tertiary alicyclic amines) is 1. The van der Waals surface area contributed by atoms with Gasteiger partial charge in [-0.2, -0.15) is 10.1 Å². The second-order valence-electron chi connectivity index (χ2n) is 7.26. The smallest absolute Gasteiger partial charge is 0.259 e. The first-order chi connectivity index (χ1) is 13.0. The van der Waals surface area contributed by atoms with Gasteiger partial charge < -0.3 is 9.42 Å². The van der Waals surface area contributed by atoms with Gasteiger partial charge in [0.05, 0.1) is 12.7 Å². The predicted octanol–water partition coefficient (Wildman–Crippen LogP) is 1.58. The zero-order valence-electron chi connectivity index (χ0n) is 15.7. The highest BCUT2D eigenvalue weighted by Crippen LogP contribution is 2.20. The molecule has 1 aliphatic heterocycles. The standard InChI is InChI=1S/C18H23N7O2/c1-12(2)17-21-15(22-27-17)11-23(3)13-5-8-24(10-13)18(26)14-9-20-25-7-4-6-19-16(14)25/h4,6-7,9,12-13H,5,8,10-11H2,1-3H3. The van der Waals surface area contributed by atoms with Crippen molar-refractivity contribution in [3.05, 3.63) is 41.9 Å². The summed E-state index contributed by atoms with van der Waals surface area (Å²) in [5, 5.41) is 8.26. The first kappa shape index (κ1) is 17.6. The average molecular weight is 369 g/mol. The molecule has 1 aliphatic rings. The molecule has 1 saturated heterocycles. The number of hydrogen-bond acceptors (Lipinski definition) is 7. The SMILES string of the molecule is CC(C)c1nc(CN(C)C2CCN(C(=O)c3cnn4cccnc34)C2)no1. The number of carbonyl (C=O) groups is 1. The molecule has 3 aromatic heterocycles. The lowest BCUT2D eigenvalue weighted by Crippen LogP contribution is -2.36. The Morgan fingerprint density at radius 2 is 2.30 bits per heavy atom. The minimum absolute atomic E-state index is 0.0266. The molecule has 0 radical (unpaired) electrons. The van der Waals surface area contributed by atoms with Crippen molar-refractivity contribution in [2.24, 2.45) is 0 Å². The topological polar surface area (TPSA) is 92.7 Å². The van der Waals surface area contributed by atoms with E-state index < -0.39 is 0 Å². The van der Waals surface area contributed by atoms with Crippen LogP contribution < -0.4 is 0 Å². The van der Waals surface area contributed by atoms with Crippen LogP contribution in [0, 0.1) is 0 Å². The molecule has 0 spiro atoms. The van der Waals surface area contributed by atoms with E-state index in [4.69, 9.17) is 4.52 Å². The Labute approximate surface area is 157 Å². The van der Waals surface area contributed by atoms with Crippen molar-refractivity contribution in [3.8, 4) is 0 Å². The van der Waals surface area contributed by atoms with Crippen LogP contribution in [-0.4, -0.2) is 66.6 Å². The Morgan fingerprint density at radius 1 is 1.44 bits per heavy atom. The average Bonchev–Trinajstić information content (AvgIpc) is 3.40. The lowest BCUT2D eigenvalue weighted by Gasteiger charge is -2.23. The van der Waals surface area contributed by atoms with E-state index in [9.17, 15) is 4.79 Å². The molecule has 1 atom stereocenters. The molecule has 4 rings (SSSR count). The largest absolute Gasteiger partial charge is 0.339 e. The molecule has 0 aliphatic carbocycles. The van der Waals surface area contributed by atoms with Crippen molar-refractivity contribution in [1.29, 1.82) is 0 Å². The summed E-state index contributed by atoms with van der Waals surface area (Å²) in [6, 6.07) is 2.04. The summed E-state index contributed by atoms with van der Waals surface area (Å²) in [5.41, 5.74) is 1.13. The summed E-state index contributed by atoms with van der Waals surface area (Å²) >= 11 is 0. The molecule has 0 N–H and O–H groups in total. The van der Waals surface area contributed by atoms with E-state index in [1.165, 1.54) is 0 Å². The lowest BCUT2D eigenvalue weighted by molar-refractivity contribution is 0.0781. The van der Waals surface area contributed by atoms with Crippen LogP contribution >= 0.6 is 0 Å². The highest BCUT2D eigenvalue weighted by molar-refractivity contribution is 5.99. The summed E-state index contributed by atoms with van der Waals surface area (Å²) < 4.78 is 6.89. The summed E-state index contributed by atoms with van der Waals surface area (Å²) in [4.78, 5) is 25.6. The number of aromatic nitrogens is 5. The van der Waals surface area contributed by atoms with Gasteiger partial charge in [-0.1, -0.05) is 19.0 Å². The molecule has 9 heteroatoms. The summed E-state index contributed by atoms with van der Waals surface area (Å²) in [7, 11) is 2.03. The van der Waals surface area contributed by atoms with Gasteiger partial charge in [0, 0.05) is 37.4 Å². The quantitative estimate of drug-likeness (QED) is 0.674. The van der Waals surface area contributed by atoms with Crippen molar-refractivity contribution in [1.82, 2.24) is 34.5 Å². The van der Waals surface area contributed by atoms with Crippen molar-refractivity contribution in [2.75, 3.05) is 20.1 Å². The fourth-order valence-electron chi connectivity index (χ4n) is 3.35. The Bertz CT molecular complexity index is 948. The summed E-state index contributed by atoms with van der Waals surface area (Å²) in [5.74, 6) is 1.52. The molecule has 142 valence electrons. The Kier molecular flexibility index (Phi) is 4.61. The number of amides is 1. The van der Waals surface area contributed by atoms with Gasteiger partial charge in [0.1, 0.15) is 5.56 Å². The van der Waals surface area contributed by atoms with Gasteiger partial charge in [-0.05, 0) is 19.5 Å². The van der Waals surface area contributed by atoms with Crippen molar-refractivity contribution < 1.29 is 9.32 Å². The van der Waals surface area contributed by atoms with Crippen LogP contribution in [0.25, 0.3) is 5.65 Å². The fourth-order valence-corrected chi connectivity index (χ4v) is 3.35. The van der Waals surface area contributed by atoms with Gasteiger partial charge in [0.2, 0.25) is 5.89 Å². The molecular weight excluding hydrogens is 346 g/mol. The third-order valence-electron chi connectivity index (χ3n) is 4.95. The Hall–Kier alpha value is -2.81. The van der Waals surface area contributed by atoms with E-state index in [1.807, 2.05) is 25.8 Å². The number of fused-ring (bicyclic) bond motifs is 1. The second-order valence-corrected chi connectivity index (χ2v) is 7.26. The monoisotopic (exact) mass is 369 g/mol. The minimum Gasteiger partial charge on any atom is -0.339 e. The maximum Gasteiger partial charge on any atom is 0.259 e. The third-order valence-corrected chi connectivity index (χ3v) is 4.95. The number of hydrogen-bond donors (Lipinski definition) is 0. The normalized spacial score (nSPS) is 17.5. The molecule has 3 aromatic rings. The van der Waals surface area contributed by atoms with Crippen molar-refractivity contribution in [2.45, 2.75) is 38.8 Å². The van der Waals surface area contributed by atoms with Crippen LogP contribution in [0.3, 0.4) is 0 Å². The second kappa shape index (κ2) is 7.07. The van der Waals surface area contributed by atoms with E-state index >= 15 is 0 Å². The number of nitrogens with zero attached hydrogens (tertiary/aromatic N) is 7. The summed E-state index contributed by atoms with van der Waals surface area (Å²) in [6.45, 7) is 6.02. The van der Waals surface area contributed by atoms with Gasteiger partial charge in [0.15, 0.2) is 11.5 Å². The van der Waals surface area contributed by atoms with E-state index in [0.717, 1.165) is 6.42 Å². The number of rotatable bonds is 5. The van der Waals surface area contributed by atoms with Crippen LogP contribution in [0.4, 0.5) is 0 Å². The molecule has 0 saturated carbocycles. The molecular formula is C18H23N7O2. The first-order valence-corrected chi connectivity index (χ1v) is 9.13. The zero-order valence-corrected chi connectivity index (χ0v) is 15.7. The molecule has 1 amide bonds. The highest BCUT2D eigenvalue weighted by atomic mass is 16.5. The molecule has 27 heavy (non-hydrogen) atoms. The molecule has 1 fully saturated rings. The first-order valence-electron chi connectivity index (χ1n) is 9.13. The predicted molar refractivity (Wildman–Crippen MR) is 97.1 cm³/mol. The van der Waals surface area contributed by atoms with Gasteiger partial charge in [-0.25, -0.2) is 9.50 Å². The van der Waals surface area contributed by atoms with Gasteiger partial charge in [-0.3, -0.25) is 9.69 Å². The van der Waals surface area contributed by atoms with E-state index in [0.29, 0.717) is 42.6 Å². The van der Waals surface area contributed by atoms with Crippen LogP contribution in [0.2, 0.25) is 0 Å². The van der Waals surface area contributed by atoms with Crippen LogP contribution in [0.15, 0.2) is 29.2 Å². The third kappa shape index (κ3) is 3.42. The molecule has 0 aromatic carbocycles. The van der Waals surface area contributed by atoms with E-state index in [-0.39, 0.29) is 17.9 Å². The molecule has 1 unspecified atom stereocenters. The molecule has 4 heterocycles. The number of carbonyl (C=O) groups excluding carboxylic acids is 1. The van der Waals surface area contributed by atoms with Crippen LogP contribution in [0.5, 0.6) is 0 Å². The van der Waals surface area contributed by atoms with Crippen molar-refractivity contribution in [3.63, 3.8) is 0 Å².